The Kier molecular flexibility index (Phi) is 8.33. The minimum Gasteiger partial charge on any atom is -0.380 e. The number of hydrogen-bond donors (Lipinski definition) is 1. The fraction of sp³-hybridized carbons (Fsp3) is 0.457. The van der Waals surface area contributed by atoms with Gasteiger partial charge in [-0.1, -0.05) is 12.1 Å². The number of pyridine rings is 1. The van der Waals surface area contributed by atoms with Gasteiger partial charge in [-0.2, -0.15) is 5.10 Å². The third-order valence-electron chi connectivity index (χ3n) is 10.0. The molecule has 47 heavy (non-hydrogen) atoms. The third kappa shape index (κ3) is 6.04. The molecule has 5 heterocycles. The molecule has 3 amide bonds. The Morgan fingerprint density at radius 2 is 1.70 bits per heavy atom. The summed E-state index contributed by atoms with van der Waals surface area (Å²) in [6, 6.07) is 8.48. The number of carbonyl (C=O) groups excluding carboxylic acids is 5. The van der Waals surface area contributed by atoms with Crippen LogP contribution in [0.15, 0.2) is 48.9 Å². The molecular formula is C35H39N7O5. The van der Waals surface area contributed by atoms with Gasteiger partial charge in [0.1, 0.15) is 11.6 Å². The summed E-state index contributed by atoms with van der Waals surface area (Å²) in [4.78, 5) is 74.0. The lowest BCUT2D eigenvalue weighted by atomic mass is 9.92. The van der Waals surface area contributed by atoms with Crippen LogP contribution in [0.2, 0.25) is 0 Å². The molecule has 0 bridgehead atoms. The molecule has 3 fully saturated rings. The number of aromatic nitrogens is 3. The first-order chi connectivity index (χ1) is 22.8. The number of nitrogens with one attached hydrogen (secondary N) is 1. The average molecular weight is 638 g/mol. The zero-order valence-electron chi connectivity index (χ0n) is 26.6. The molecule has 3 aliphatic heterocycles. The fourth-order valence-corrected chi connectivity index (χ4v) is 7.34. The van der Waals surface area contributed by atoms with E-state index in [4.69, 9.17) is 0 Å². The molecule has 0 spiro atoms. The largest absolute Gasteiger partial charge is 0.380 e. The number of nitrogens with zero attached hydrogens (tertiary/aromatic N) is 6. The van der Waals surface area contributed by atoms with Gasteiger partial charge in [0, 0.05) is 68.7 Å². The summed E-state index contributed by atoms with van der Waals surface area (Å²) in [6.07, 6.45) is 9.12. The lowest BCUT2D eigenvalue weighted by Crippen LogP contribution is -2.47. The lowest BCUT2D eigenvalue weighted by Gasteiger charge is -2.37. The number of fused-ring (bicyclic) bond motifs is 1. The molecule has 1 aliphatic carbocycles. The van der Waals surface area contributed by atoms with Crippen LogP contribution in [0.5, 0.6) is 0 Å². The summed E-state index contributed by atoms with van der Waals surface area (Å²) >= 11 is 0. The minimum absolute atomic E-state index is 0.0525. The number of carbonyl (C=O) groups is 5. The van der Waals surface area contributed by atoms with Gasteiger partial charge in [0.05, 0.1) is 35.8 Å². The number of anilines is 2. The van der Waals surface area contributed by atoms with Crippen LogP contribution in [0.1, 0.15) is 82.8 Å². The molecule has 2 aromatic heterocycles. The predicted octanol–water partition coefficient (Wildman–Crippen LogP) is 3.57. The summed E-state index contributed by atoms with van der Waals surface area (Å²) in [5, 5.41) is 7.90. The van der Waals surface area contributed by atoms with Crippen LogP contribution >= 0.6 is 0 Å². The van der Waals surface area contributed by atoms with Gasteiger partial charge in [0.15, 0.2) is 5.78 Å². The minimum atomic E-state index is -0.900. The Hall–Kier alpha value is -4.87. The Labute approximate surface area is 273 Å². The van der Waals surface area contributed by atoms with Gasteiger partial charge in [-0.05, 0) is 62.8 Å². The van der Waals surface area contributed by atoms with Crippen LogP contribution in [0.4, 0.5) is 11.5 Å². The Balaban J connectivity index is 0.916. The highest BCUT2D eigenvalue weighted by Crippen LogP contribution is 2.34. The van der Waals surface area contributed by atoms with E-state index in [2.05, 4.69) is 32.4 Å². The monoisotopic (exact) mass is 637 g/mol. The number of benzene rings is 1. The third-order valence-corrected chi connectivity index (χ3v) is 10.0. The number of hydrogen-bond acceptors (Lipinski definition) is 9. The summed E-state index contributed by atoms with van der Waals surface area (Å²) in [5.74, 6) is -0.259. The van der Waals surface area contributed by atoms with E-state index in [1.54, 1.807) is 24.4 Å². The smallest absolute Gasteiger partial charge is 0.264 e. The van der Waals surface area contributed by atoms with E-state index < -0.39 is 17.9 Å². The van der Waals surface area contributed by atoms with Crippen LogP contribution in [0.25, 0.3) is 0 Å². The predicted molar refractivity (Wildman–Crippen MR) is 173 cm³/mol. The summed E-state index contributed by atoms with van der Waals surface area (Å²) in [6.45, 7) is 5.51. The number of aryl methyl sites for hydroxylation is 1. The van der Waals surface area contributed by atoms with Gasteiger partial charge in [-0.25, -0.2) is 4.98 Å². The molecule has 4 aliphatic rings. The van der Waals surface area contributed by atoms with E-state index in [9.17, 15) is 24.0 Å². The highest BCUT2D eigenvalue weighted by atomic mass is 16.2. The summed E-state index contributed by atoms with van der Waals surface area (Å²) in [5.41, 5.74) is 3.09. The number of imide groups is 1. The average Bonchev–Trinajstić information content (AvgIpc) is 3.66. The van der Waals surface area contributed by atoms with Crippen molar-refractivity contribution in [3.05, 3.63) is 71.2 Å². The van der Waals surface area contributed by atoms with Crippen molar-refractivity contribution in [2.75, 3.05) is 36.4 Å². The zero-order valence-corrected chi connectivity index (χ0v) is 26.6. The normalized spacial score (nSPS) is 21.0. The first-order valence-electron chi connectivity index (χ1n) is 16.6. The Bertz CT molecular complexity index is 1720. The molecule has 1 N–H and O–H groups in total. The molecule has 7 rings (SSSR count). The second-order valence-electron chi connectivity index (χ2n) is 13.1. The molecule has 12 nitrogen and oxygen atoms in total. The van der Waals surface area contributed by atoms with Crippen molar-refractivity contribution < 1.29 is 24.0 Å². The number of piperidine rings is 2. The van der Waals surface area contributed by atoms with Crippen LogP contribution < -0.4 is 10.2 Å². The van der Waals surface area contributed by atoms with Crippen molar-refractivity contribution in [2.45, 2.75) is 70.5 Å². The first kappa shape index (κ1) is 30.8. The maximum atomic E-state index is 13.4. The second kappa shape index (κ2) is 12.7. The van der Waals surface area contributed by atoms with E-state index in [1.165, 1.54) is 0 Å². The molecule has 1 aromatic carbocycles. The number of amides is 3. The van der Waals surface area contributed by atoms with E-state index >= 15 is 0 Å². The second-order valence-corrected chi connectivity index (χ2v) is 13.1. The number of Topliss-reactive ketones (excluding diaryl/α,β-unsaturated/α-hetero) is 2. The maximum Gasteiger partial charge on any atom is 0.264 e. The summed E-state index contributed by atoms with van der Waals surface area (Å²) in [7, 11) is 0. The van der Waals surface area contributed by atoms with Crippen LogP contribution in [-0.2, 0) is 20.9 Å². The van der Waals surface area contributed by atoms with Gasteiger partial charge < -0.3 is 15.1 Å². The zero-order chi connectivity index (χ0) is 32.7. The number of rotatable bonds is 7. The number of likely N-dealkylation sites (tertiary alicyclic amines) is 1. The highest BCUT2D eigenvalue weighted by Gasteiger charge is 2.45. The van der Waals surface area contributed by atoms with Crippen molar-refractivity contribution in [1.82, 2.24) is 24.6 Å². The molecular weight excluding hydrogens is 598 g/mol. The van der Waals surface area contributed by atoms with Gasteiger partial charge in [0.2, 0.25) is 5.91 Å². The van der Waals surface area contributed by atoms with Crippen molar-refractivity contribution in [3.63, 3.8) is 0 Å². The van der Waals surface area contributed by atoms with Crippen molar-refractivity contribution in [1.29, 1.82) is 0 Å². The van der Waals surface area contributed by atoms with E-state index in [0.717, 1.165) is 60.6 Å². The SMILES string of the molecule is Cc1ccc(N2CCC(C(=O)N3CCC(n4cc(CNc5cccc6c5C(=O)N(C5CCC(=O)CC5=O)C6=O)cn4)CC3)CC2)nc1. The van der Waals surface area contributed by atoms with Crippen molar-refractivity contribution >= 4 is 40.8 Å². The first-order valence-corrected chi connectivity index (χ1v) is 16.6. The molecule has 1 unspecified atom stereocenters. The Morgan fingerprint density at radius 1 is 0.915 bits per heavy atom. The van der Waals surface area contributed by atoms with Crippen molar-refractivity contribution in [3.8, 4) is 0 Å². The molecule has 3 aromatic rings. The van der Waals surface area contributed by atoms with Gasteiger partial charge in [-0.15, -0.1) is 0 Å². The quantitative estimate of drug-likeness (QED) is 0.304. The topological polar surface area (TPSA) is 138 Å². The maximum absolute atomic E-state index is 13.4. The standard InChI is InChI=1S/C35H39N7O5/c1-22-5-8-31(37-18-22)39-13-9-24(10-14-39)33(45)40-15-11-25(12-16-40)41-21-23(20-38-41)19-36-28-4-2-3-27-32(28)35(47)42(34(27)46)29-7-6-26(43)17-30(29)44/h2-5,8,18,20-21,24-25,29,36H,6-7,9-17,19H2,1H3. The molecule has 12 heteroatoms. The fourth-order valence-electron chi connectivity index (χ4n) is 7.34. The lowest BCUT2D eigenvalue weighted by molar-refractivity contribution is -0.137. The van der Waals surface area contributed by atoms with Crippen LogP contribution in [0, 0.1) is 12.8 Å². The van der Waals surface area contributed by atoms with Crippen LogP contribution in [0.3, 0.4) is 0 Å². The van der Waals surface area contributed by atoms with E-state index in [0.29, 0.717) is 25.3 Å². The molecule has 1 atom stereocenters. The van der Waals surface area contributed by atoms with Gasteiger partial charge in [-0.3, -0.25) is 33.6 Å². The van der Waals surface area contributed by atoms with E-state index in [1.807, 2.05) is 28.9 Å². The van der Waals surface area contributed by atoms with Gasteiger partial charge >= 0.3 is 0 Å². The molecule has 2 saturated heterocycles. The molecule has 0 radical (unpaired) electrons. The molecule has 1 saturated carbocycles. The molecule has 244 valence electrons. The Morgan fingerprint density at radius 3 is 2.43 bits per heavy atom. The van der Waals surface area contributed by atoms with E-state index in [-0.39, 0.29) is 59.8 Å². The summed E-state index contributed by atoms with van der Waals surface area (Å²) < 4.78 is 1.97. The van der Waals surface area contributed by atoms with Crippen molar-refractivity contribution in [2.24, 2.45) is 5.92 Å². The number of ketones is 2. The van der Waals surface area contributed by atoms with Gasteiger partial charge in [0.25, 0.3) is 11.8 Å². The van der Waals surface area contributed by atoms with Crippen LogP contribution in [-0.4, -0.2) is 86.1 Å². The highest BCUT2D eigenvalue weighted by molar-refractivity contribution is 6.25.